The lowest BCUT2D eigenvalue weighted by molar-refractivity contribution is 0.0722. The Morgan fingerprint density at radius 3 is 2.67 bits per heavy atom. The Labute approximate surface area is 86.4 Å². The highest BCUT2D eigenvalue weighted by Gasteiger charge is 2.31. The Morgan fingerprint density at radius 2 is 2.00 bits per heavy atom. The van der Waals surface area contributed by atoms with Crippen LogP contribution >= 0.6 is 0 Å². The van der Waals surface area contributed by atoms with Gasteiger partial charge in [-0.05, 0) is 6.92 Å². The molecule has 1 aromatic heterocycles. The summed E-state index contributed by atoms with van der Waals surface area (Å²) in [4.78, 5) is 24.1. The van der Waals surface area contributed by atoms with Gasteiger partial charge in [-0.15, -0.1) is 0 Å². The second-order valence-electron chi connectivity index (χ2n) is 3.45. The molecule has 0 aromatic carbocycles. The van der Waals surface area contributed by atoms with Crippen molar-refractivity contribution in [2.75, 3.05) is 7.05 Å². The van der Waals surface area contributed by atoms with Crippen LogP contribution in [0.2, 0.25) is 0 Å². The molecule has 0 bridgehead atoms. The van der Waals surface area contributed by atoms with Gasteiger partial charge in [0.15, 0.2) is 0 Å². The second-order valence-corrected chi connectivity index (χ2v) is 3.45. The van der Waals surface area contributed by atoms with Crippen LogP contribution in [0.4, 0.5) is 4.79 Å². The molecule has 0 unspecified atom stereocenters. The Balaban J connectivity index is 2.59. The number of nitrogens with zero attached hydrogens (tertiary/aromatic N) is 3. The lowest BCUT2D eigenvalue weighted by Crippen LogP contribution is -2.32. The molecule has 6 nitrogen and oxygen atoms in total. The van der Waals surface area contributed by atoms with Crippen LogP contribution in [0.25, 0.3) is 0 Å². The van der Waals surface area contributed by atoms with Gasteiger partial charge >= 0.3 is 6.09 Å². The van der Waals surface area contributed by atoms with Crippen LogP contribution in [-0.2, 0) is 18.4 Å². The average Bonchev–Trinajstić information content (AvgIpc) is 2.41. The first-order valence-corrected chi connectivity index (χ1v) is 4.49. The lowest BCUT2D eigenvalue weighted by Gasteiger charge is -2.10. The number of aryl methyl sites for hydroxylation is 2. The van der Waals surface area contributed by atoms with E-state index in [1.165, 1.54) is 11.7 Å². The van der Waals surface area contributed by atoms with Gasteiger partial charge in [-0.3, -0.25) is 9.48 Å². The summed E-state index contributed by atoms with van der Waals surface area (Å²) < 4.78 is 6.40. The molecule has 2 amide bonds. The maximum atomic E-state index is 11.8. The van der Waals surface area contributed by atoms with E-state index >= 15 is 0 Å². The van der Waals surface area contributed by atoms with E-state index in [4.69, 9.17) is 4.74 Å². The second kappa shape index (κ2) is 3.08. The van der Waals surface area contributed by atoms with Crippen molar-refractivity contribution in [1.82, 2.24) is 14.7 Å². The van der Waals surface area contributed by atoms with Crippen molar-refractivity contribution < 1.29 is 14.3 Å². The van der Waals surface area contributed by atoms with Crippen LogP contribution in [0, 0.1) is 6.92 Å². The largest absolute Gasteiger partial charge is 0.444 e. The summed E-state index contributed by atoms with van der Waals surface area (Å²) in [6, 6.07) is 0. The smallest absolute Gasteiger partial charge is 0.416 e. The van der Waals surface area contributed by atoms with Crippen molar-refractivity contribution in [1.29, 1.82) is 0 Å². The molecule has 0 fully saturated rings. The number of rotatable bonds is 0. The molecular formula is C9H11N3O3. The van der Waals surface area contributed by atoms with Crippen LogP contribution < -0.4 is 0 Å². The predicted octanol–water partition coefficient (Wildman–Crippen LogP) is 0.451. The molecule has 1 aliphatic heterocycles. The van der Waals surface area contributed by atoms with E-state index in [1.807, 2.05) is 0 Å². The van der Waals surface area contributed by atoms with Crippen LogP contribution in [0.15, 0.2) is 0 Å². The van der Waals surface area contributed by atoms with Gasteiger partial charge in [-0.1, -0.05) is 0 Å². The van der Waals surface area contributed by atoms with Gasteiger partial charge in [0.05, 0.1) is 5.69 Å². The fraction of sp³-hybridized carbons (Fsp3) is 0.444. The van der Waals surface area contributed by atoms with E-state index < -0.39 is 6.09 Å². The van der Waals surface area contributed by atoms with Crippen LogP contribution in [-0.4, -0.2) is 33.7 Å². The summed E-state index contributed by atoms with van der Waals surface area (Å²) in [6.45, 7) is 1.88. The number of cyclic esters (lactones) is 1. The topological polar surface area (TPSA) is 64.4 Å². The molecule has 0 aliphatic carbocycles. The number of carbonyl (C=O) groups excluding carboxylic acids is 2. The summed E-state index contributed by atoms with van der Waals surface area (Å²) >= 11 is 0. The Hall–Kier alpha value is -1.85. The van der Waals surface area contributed by atoms with E-state index in [2.05, 4.69) is 5.10 Å². The number of fused-ring (bicyclic) bond motifs is 1. The average molecular weight is 209 g/mol. The first-order valence-electron chi connectivity index (χ1n) is 4.49. The molecule has 0 atom stereocenters. The van der Waals surface area contributed by atoms with E-state index in [1.54, 1.807) is 14.0 Å². The maximum Gasteiger partial charge on any atom is 0.416 e. The van der Waals surface area contributed by atoms with Gasteiger partial charge in [0.25, 0.3) is 5.91 Å². The Bertz CT molecular complexity index is 450. The predicted molar refractivity (Wildman–Crippen MR) is 50.2 cm³/mol. The Morgan fingerprint density at radius 1 is 1.33 bits per heavy atom. The van der Waals surface area contributed by atoms with Crippen LogP contribution in [0.3, 0.4) is 0 Å². The molecule has 1 aromatic rings. The van der Waals surface area contributed by atoms with Crippen molar-refractivity contribution in [3.63, 3.8) is 0 Å². The van der Waals surface area contributed by atoms with E-state index in [9.17, 15) is 9.59 Å². The zero-order chi connectivity index (χ0) is 11.2. The summed E-state index contributed by atoms with van der Waals surface area (Å²) in [7, 11) is 3.06. The number of aromatic nitrogens is 2. The molecule has 0 saturated carbocycles. The molecule has 0 N–H and O–H groups in total. The third-order valence-electron chi connectivity index (χ3n) is 2.47. The lowest BCUT2D eigenvalue weighted by atomic mass is 10.2. The quantitative estimate of drug-likeness (QED) is 0.622. The molecule has 0 saturated heterocycles. The molecule has 0 radical (unpaired) electrons. The fourth-order valence-electron chi connectivity index (χ4n) is 1.61. The highest BCUT2D eigenvalue weighted by Crippen LogP contribution is 2.19. The minimum Gasteiger partial charge on any atom is -0.444 e. The summed E-state index contributed by atoms with van der Waals surface area (Å²) in [6.07, 6.45) is -0.629. The molecule has 2 rings (SSSR count). The molecule has 6 heteroatoms. The minimum absolute atomic E-state index is 0.101. The zero-order valence-electron chi connectivity index (χ0n) is 8.77. The monoisotopic (exact) mass is 209 g/mol. The van der Waals surface area contributed by atoms with Crippen molar-refractivity contribution in [3.8, 4) is 0 Å². The van der Waals surface area contributed by atoms with Crippen molar-refractivity contribution in [2.45, 2.75) is 13.5 Å². The number of hydrogen-bond acceptors (Lipinski definition) is 4. The van der Waals surface area contributed by atoms with Gasteiger partial charge < -0.3 is 4.74 Å². The highest BCUT2D eigenvalue weighted by atomic mass is 16.6. The number of imide groups is 1. The van der Waals surface area contributed by atoms with Gasteiger partial charge in [0.2, 0.25) is 0 Å². The summed E-state index contributed by atoms with van der Waals surface area (Å²) in [5.74, 6) is -0.379. The van der Waals surface area contributed by atoms with Crippen molar-refractivity contribution >= 4 is 12.0 Å². The van der Waals surface area contributed by atoms with Crippen molar-refractivity contribution in [3.05, 3.63) is 17.0 Å². The van der Waals surface area contributed by atoms with E-state index in [-0.39, 0.29) is 12.5 Å². The number of hydrogen-bond donors (Lipinski definition) is 0. The molecule has 0 spiro atoms. The van der Waals surface area contributed by atoms with E-state index in [0.717, 1.165) is 4.90 Å². The first-order chi connectivity index (χ1) is 7.02. The summed E-state index contributed by atoms with van der Waals surface area (Å²) in [5.41, 5.74) is 1.81. The maximum absolute atomic E-state index is 11.8. The molecule has 2 heterocycles. The van der Waals surface area contributed by atoms with Crippen LogP contribution in [0.5, 0.6) is 0 Å². The fourth-order valence-corrected chi connectivity index (χ4v) is 1.61. The van der Waals surface area contributed by atoms with Gasteiger partial charge in [0.1, 0.15) is 12.3 Å². The number of carbonyl (C=O) groups is 2. The highest BCUT2D eigenvalue weighted by molar-refractivity contribution is 6.03. The standard InChI is InChI=1S/C9H11N3O3/c1-5-6-4-15-9(14)11(2)8(13)7(6)12(3)10-5/h4H2,1-3H3. The molecular weight excluding hydrogens is 198 g/mol. The summed E-state index contributed by atoms with van der Waals surface area (Å²) in [5, 5.41) is 4.12. The number of amides is 2. The SMILES string of the molecule is Cc1nn(C)c2c1COC(=O)N(C)C2=O. The minimum atomic E-state index is -0.629. The van der Waals surface area contributed by atoms with Gasteiger partial charge in [0, 0.05) is 19.7 Å². The molecule has 1 aliphatic rings. The van der Waals surface area contributed by atoms with E-state index in [0.29, 0.717) is 17.0 Å². The third-order valence-corrected chi connectivity index (χ3v) is 2.47. The molecule has 80 valence electrons. The van der Waals surface area contributed by atoms with Crippen LogP contribution in [0.1, 0.15) is 21.7 Å². The zero-order valence-corrected chi connectivity index (χ0v) is 8.77. The normalized spacial score (nSPS) is 16.1. The Kier molecular flexibility index (Phi) is 1.99. The van der Waals surface area contributed by atoms with Crippen molar-refractivity contribution in [2.24, 2.45) is 7.05 Å². The number of ether oxygens (including phenoxy) is 1. The third kappa shape index (κ3) is 1.29. The first kappa shape index (κ1) is 9.70. The van der Waals surface area contributed by atoms with Gasteiger partial charge in [-0.25, -0.2) is 9.69 Å². The molecule has 15 heavy (non-hydrogen) atoms. The van der Waals surface area contributed by atoms with Gasteiger partial charge in [-0.2, -0.15) is 5.10 Å².